The lowest BCUT2D eigenvalue weighted by atomic mass is 10.1. The highest BCUT2D eigenvalue weighted by molar-refractivity contribution is 6.21. The van der Waals surface area contributed by atoms with Crippen molar-refractivity contribution in [2.45, 2.75) is 12.5 Å². The van der Waals surface area contributed by atoms with Crippen molar-refractivity contribution in [3.8, 4) is 0 Å². The van der Waals surface area contributed by atoms with Crippen LogP contribution in [0.2, 0.25) is 0 Å². The molecule has 0 spiro atoms. The Kier molecular flexibility index (Phi) is 1.83. The summed E-state index contributed by atoms with van der Waals surface area (Å²) < 4.78 is 0. The molecule has 2 aliphatic heterocycles. The van der Waals surface area contributed by atoms with Gasteiger partial charge < -0.3 is 0 Å². The zero-order valence-corrected chi connectivity index (χ0v) is 9.51. The Morgan fingerprint density at radius 1 is 1.24 bits per heavy atom. The lowest BCUT2D eigenvalue weighted by molar-refractivity contribution is 0.0346. The van der Waals surface area contributed by atoms with Crippen LogP contribution in [-0.2, 0) is 0 Å². The quantitative estimate of drug-likeness (QED) is 0.437. The van der Waals surface area contributed by atoms with Crippen molar-refractivity contribution in [3.63, 3.8) is 0 Å². The van der Waals surface area contributed by atoms with Crippen LogP contribution in [0.25, 0.3) is 0 Å². The van der Waals surface area contributed by atoms with Gasteiger partial charge in [-0.1, -0.05) is 18.2 Å². The lowest BCUT2D eigenvalue weighted by Gasteiger charge is -2.17. The minimum atomic E-state index is -0.270. The van der Waals surface area contributed by atoms with Gasteiger partial charge in [0, 0.05) is 6.54 Å². The molecule has 17 heavy (non-hydrogen) atoms. The molecular formula is C13H12N2O2. The first-order chi connectivity index (χ1) is 8.08. The van der Waals surface area contributed by atoms with Gasteiger partial charge in [-0.3, -0.25) is 9.59 Å². The number of carbonyl (C=O) groups is 2. The minimum absolute atomic E-state index is 0.240. The van der Waals surface area contributed by atoms with Crippen LogP contribution in [0.5, 0.6) is 0 Å². The van der Waals surface area contributed by atoms with Gasteiger partial charge >= 0.3 is 0 Å². The monoisotopic (exact) mass is 228 g/mol. The molecule has 0 bridgehead atoms. The second-order valence-electron chi connectivity index (χ2n) is 4.59. The maximum Gasteiger partial charge on any atom is 0.276 e. The molecule has 0 saturated carbocycles. The first-order valence-corrected chi connectivity index (χ1v) is 5.47. The average molecular weight is 228 g/mol. The molecule has 1 aromatic rings. The first kappa shape index (κ1) is 10.2. The largest absolute Gasteiger partial charge is 0.276 e. The number of rotatable bonds is 2. The number of carbonyl (C=O) groups excluding carboxylic acids is 2. The van der Waals surface area contributed by atoms with E-state index in [1.54, 1.807) is 35.4 Å². The molecule has 2 atom stereocenters. The van der Waals surface area contributed by atoms with Crippen molar-refractivity contribution in [3.05, 3.63) is 48.0 Å². The number of amides is 2. The maximum absolute atomic E-state index is 12.1. The van der Waals surface area contributed by atoms with Crippen molar-refractivity contribution < 1.29 is 9.59 Å². The van der Waals surface area contributed by atoms with E-state index in [-0.39, 0.29) is 17.4 Å². The molecule has 2 heterocycles. The van der Waals surface area contributed by atoms with Gasteiger partial charge in [0.25, 0.3) is 11.8 Å². The topological polar surface area (TPSA) is 40.4 Å². The summed E-state index contributed by atoms with van der Waals surface area (Å²) in [4.78, 5) is 24.2. The van der Waals surface area contributed by atoms with Gasteiger partial charge in [-0.25, -0.2) is 5.01 Å². The second-order valence-corrected chi connectivity index (χ2v) is 4.59. The highest BCUT2D eigenvalue weighted by atomic mass is 16.2. The summed E-state index contributed by atoms with van der Waals surface area (Å²) in [6, 6.07) is 6.90. The van der Waals surface area contributed by atoms with Crippen LogP contribution < -0.4 is 0 Å². The molecule has 0 aliphatic carbocycles. The van der Waals surface area contributed by atoms with Crippen LogP contribution in [0.4, 0.5) is 0 Å². The summed E-state index contributed by atoms with van der Waals surface area (Å²) in [6.45, 7) is 6.33. The fourth-order valence-corrected chi connectivity index (χ4v) is 2.13. The summed E-state index contributed by atoms with van der Waals surface area (Å²) in [7, 11) is 0. The molecule has 0 radical (unpaired) electrons. The average Bonchev–Trinajstić information content (AvgIpc) is 2.94. The molecular weight excluding hydrogens is 216 g/mol. The van der Waals surface area contributed by atoms with E-state index in [2.05, 4.69) is 6.58 Å². The van der Waals surface area contributed by atoms with Crippen molar-refractivity contribution in [2.24, 2.45) is 0 Å². The van der Waals surface area contributed by atoms with Crippen LogP contribution in [0.15, 0.2) is 36.9 Å². The number of hydrazine groups is 1. The van der Waals surface area contributed by atoms with Crippen molar-refractivity contribution in [1.82, 2.24) is 10.0 Å². The van der Waals surface area contributed by atoms with Crippen LogP contribution in [0, 0.1) is 0 Å². The molecule has 4 heteroatoms. The number of imide groups is 1. The predicted molar refractivity (Wildman–Crippen MR) is 62.3 cm³/mol. The van der Waals surface area contributed by atoms with Gasteiger partial charge in [0.1, 0.15) is 0 Å². The molecule has 3 rings (SSSR count). The normalized spacial score (nSPS) is 30.4. The molecule has 4 nitrogen and oxygen atoms in total. The smallest absolute Gasteiger partial charge is 0.267 e. The summed E-state index contributed by atoms with van der Waals surface area (Å²) >= 11 is 0. The number of fused-ring (bicyclic) bond motifs is 1. The van der Waals surface area contributed by atoms with Crippen LogP contribution >= 0.6 is 0 Å². The van der Waals surface area contributed by atoms with Gasteiger partial charge in [-0.05, 0) is 19.1 Å². The molecule has 0 N–H and O–H groups in total. The SMILES string of the molecule is C=CC1(C)CN1N1C(=O)c2ccccc2C1=O. The Balaban J connectivity index is 2.00. The third kappa shape index (κ3) is 1.21. The van der Waals surface area contributed by atoms with E-state index in [1.807, 2.05) is 6.92 Å². The lowest BCUT2D eigenvalue weighted by Crippen LogP contribution is -2.38. The van der Waals surface area contributed by atoms with Crippen LogP contribution in [0.3, 0.4) is 0 Å². The van der Waals surface area contributed by atoms with Crippen molar-refractivity contribution >= 4 is 11.8 Å². The molecule has 86 valence electrons. The first-order valence-electron chi connectivity index (χ1n) is 5.47. The summed E-state index contributed by atoms with van der Waals surface area (Å²) in [5.41, 5.74) is 0.694. The Morgan fingerprint density at radius 3 is 2.18 bits per heavy atom. The van der Waals surface area contributed by atoms with E-state index < -0.39 is 0 Å². The number of benzene rings is 1. The van der Waals surface area contributed by atoms with E-state index in [9.17, 15) is 9.59 Å². The minimum Gasteiger partial charge on any atom is -0.267 e. The van der Waals surface area contributed by atoms with E-state index in [0.29, 0.717) is 17.7 Å². The molecule has 1 aromatic carbocycles. The fourth-order valence-electron chi connectivity index (χ4n) is 2.13. The Labute approximate surface area is 99.1 Å². The van der Waals surface area contributed by atoms with Crippen molar-refractivity contribution in [1.29, 1.82) is 0 Å². The zero-order chi connectivity index (χ0) is 12.2. The van der Waals surface area contributed by atoms with E-state index >= 15 is 0 Å². The summed E-state index contributed by atoms with van der Waals surface area (Å²) in [5.74, 6) is -0.479. The Hall–Kier alpha value is -1.94. The highest BCUT2D eigenvalue weighted by Crippen LogP contribution is 2.38. The van der Waals surface area contributed by atoms with Gasteiger partial charge in [-0.2, -0.15) is 5.01 Å². The fraction of sp³-hybridized carbons (Fsp3) is 0.231. The molecule has 0 aromatic heterocycles. The maximum atomic E-state index is 12.1. The zero-order valence-electron chi connectivity index (χ0n) is 9.51. The van der Waals surface area contributed by atoms with E-state index in [0.717, 1.165) is 0 Å². The van der Waals surface area contributed by atoms with Crippen LogP contribution in [-0.4, -0.2) is 33.9 Å². The predicted octanol–water partition coefficient (Wildman–Crippen LogP) is 1.46. The second kappa shape index (κ2) is 3.05. The van der Waals surface area contributed by atoms with Crippen molar-refractivity contribution in [2.75, 3.05) is 6.54 Å². The summed E-state index contributed by atoms with van der Waals surface area (Å²) in [6.07, 6.45) is 1.76. The van der Waals surface area contributed by atoms with Gasteiger partial charge in [-0.15, -0.1) is 6.58 Å². The van der Waals surface area contributed by atoms with Gasteiger partial charge in [0.15, 0.2) is 0 Å². The van der Waals surface area contributed by atoms with E-state index in [4.69, 9.17) is 0 Å². The van der Waals surface area contributed by atoms with Crippen LogP contribution in [0.1, 0.15) is 27.6 Å². The third-order valence-electron chi connectivity index (χ3n) is 3.41. The third-order valence-corrected chi connectivity index (χ3v) is 3.41. The number of nitrogens with zero attached hydrogens (tertiary/aromatic N) is 2. The molecule has 2 unspecified atom stereocenters. The highest BCUT2D eigenvalue weighted by Gasteiger charge is 2.55. The molecule has 1 fully saturated rings. The molecule has 2 amide bonds. The Bertz CT molecular complexity index is 517. The Morgan fingerprint density at radius 2 is 1.76 bits per heavy atom. The number of hydrogen-bond acceptors (Lipinski definition) is 3. The molecule has 1 saturated heterocycles. The van der Waals surface area contributed by atoms with Gasteiger partial charge in [0.05, 0.1) is 16.7 Å². The molecule has 2 aliphatic rings. The number of hydrogen-bond donors (Lipinski definition) is 0. The van der Waals surface area contributed by atoms with Gasteiger partial charge in [0.2, 0.25) is 0 Å². The summed E-state index contributed by atoms with van der Waals surface area (Å²) in [5, 5.41) is 2.97. The standard InChI is InChI=1S/C13H12N2O2/c1-3-13(2)8-14(13)15-11(16)9-6-4-5-7-10(9)12(15)17/h3-7H,1,8H2,2H3. The van der Waals surface area contributed by atoms with E-state index in [1.165, 1.54) is 5.01 Å².